The summed E-state index contributed by atoms with van der Waals surface area (Å²) in [5, 5.41) is 5.58. The summed E-state index contributed by atoms with van der Waals surface area (Å²) in [4.78, 5) is 25.0. The molecule has 0 aliphatic carbocycles. The number of benzene rings is 1. The van der Waals surface area contributed by atoms with Crippen LogP contribution in [-0.4, -0.2) is 29.5 Å². The Morgan fingerprint density at radius 2 is 1.77 bits per heavy atom. The maximum Gasteiger partial charge on any atom is 0.257 e. The van der Waals surface area contributed by atoms with Gasteiger partial charge in [-0.25, -0.2) is 0 Å². The van der Waals surface area contributed by atoms with E-state index in [4.69, 9.17) is 5.73 Å². The van der Waals surface area contributed by atoms with Gasteiger partial charge in [0.2, 0.25) is 0 Å². The highest BCUT2D eigenvalue weighted by Crippen LogP contribution is 2.22. The molecule has 0 bridgehead atoms. The fraction of sp³-hybridized carbons (Fsp3) is 0.368. The number of amides is 2. The van der Waals surface area contributed by atoms with Gasteiger partial charge in [-0.15, -0.1) is 12.4 Å². The molecule has 0 radical (unpaired) electrons. The molecule has 1 heterocycles. The maximum absolute atomic E-state index is 12.7. The molecule has 0 spiro atoms. The zero-order valence-electron chi connectivity index (χ0n) is 15.6. The molecule has 2 amide bonds. The molecular weight excluding hydrogens is 352 g/mol. The van der Waals surface area contributed by atoms with Crippen LogP contribution in [0.2, 0.25) is 0 Å². The summed E-state index contributed by atoms with van der Waals surface area (Å²) in [6.45, 7) is 8.83. The van der Waals surface area contributed by atoms with Gasteiger partial charge in [0.1, 0.15) is 0 Å². The lowest BCUT2D eigenvalue weighted by molar-refractivity contribution is 0.0955. The predicted molar refractivity (Wildman–Crippen MR) is 107 cm³/mol. The zero-order chi connectivity index (χ0) is 18.6. The minimum Gasteiger partial charge on any atom is -0.351 e. The second-order valence-electron chi connectivity index (χ2n) is 6.29. The lowest BCUT2D eigenvalue weighted by Crippen LogP contribution is -2.30. The normalized spacial score (nSPS) is 10.4. The van der Waals surface area contributed by atoms with Crippen LogP contribution < -0.4 is 16.4 Å². The van der Waals surface area contributed by atoms with Crippen LogP contribution in [0.4, 0.5) is 5.69 Å². The first-order valence-corrected chi connectivity index (χ1v) is 8.43. The molecule has 4 N–H and O–H groups in total. The predicted octanol–water partition coefficient (Wildman–Crippen LogP) is 3.05. The van der Waals surface area contributed by atoms with E-state index in [2.05, 4.69) is 29.0 Å². The Morgan fingerprint density at radius 1 is 1.12 bits per heavy atom. The Bertz CT molecular complexity index is 784. The third-order valence-electron chi connectivity index (χ3n) is 4.10. The monoisotopic (exact) mass is 378 g/mol. The van der Waals surface area contributed by atoms with Gasteiger partial charge < -0.3 is 20.9 Å². The number of para-hydroxylation sites is 1. The quantitative estimate of drug-likeness (QED) is 0.721. The van der Waals surface area contributed by atoms with Gasteiger partial charge >= 0.3 is 0 Å². The topological polar surface area (TPSA) is 89.2 Å². The van der Waals surface area contributed by atoms with E-state index < -0.39 is 0 Å². The number of nitrogens with zero attached hydrogens (tertiary/aromatic N) is 1. The summed E-state index contributed by atoms with van der Waals surface area (Å²) < 4.78 is 2.12. The molecular formula is C19H27ClN4O2. The summed E-state index contributed by atoms with van der Waals surface area (Å²) in [6, 6.07) is 9.10. The van der Waals surface area contributed by atoms with Crippen LogP contribution in [0.25, 0.3) is 0 Å². The Morgan fingerprint density at radius 3 is 2.35 bits per heavy atom. The summed E-state index contributed by atoms with van der Waals surface area (Å²) >= 11 is 0. The molecule has 0 atom stereocenters. The standard InChI is InChI=1S/C19H26N4O2.ClH/c1-12(2)23-13(3)11-16(14(23)4)19(25)22-17-8-6-5-7-15(17)18(24)21-10-9-20;/h5-8,11-12H,9-10,20H2,1-4H3,(H,21,24)(H,22,25);1H. The van der Waals surface area contributed by atoms with Gasteiger partial charge in [-0.1, -0.05) is 12.1 Å². The van der Waals surface area contributed by atoms with Crippen LogP contribution in [0.1, 0.15) is 52.0 Å². The first kappa shape index (κ1) is 21.7. The van der Waals surface area contributed by atoms with E-state index in [9.17, 15) is 9.59 Å². The molecule has 1 aromatic heterocycles. The third kappa shape index (κ3) is 4.65. The molecule has 7 heteroatoms. The van der Waals surface area contributed by atoms with Gasteiger partial charge in [0.15, 0.2) is 0 Å². The van der Waals surface area contributed by atoms with E-state index in [1.54, 1.807) is 24.3 Å². The van der Waals surface area contributed by atoms with Crippen molar-refractivity contribution in [1.29, 1.82) is 0 Å². The molecule has 0 aliphatic rings. The van der Waals surface area contributed by atoms with Crippen LogP contribution >= 0.6 is 12.4 Å². The number of nitrogens with two attached hydrogens (primary N) is 1. The molecule has 0 fully saturated rings. The van der Waals surface area contributed by atoms with Crippen molar-refractivity contribution in [3.63, 3.8) is 0 Å². The van der Waals surface area contributed by atoms with Crippen molar-refractivity contribution in [3.05, 3.63) is 52.8 Å². The molecule has 0 saturated heterocycles. The lowest BCUT2D eigenvalue weighted by Gasteiger charge is -2.14. The molecule has 0 saturated carbocycles. The second-order valence-corrected chi connectivity index (χ2v) is 6.29. The van der Waals surface area contributed by atoms with Crippen molar-refractivity contribution in [2.24, 2.45) is 5.73 Å². The summed E-state index contributed by atoms with van der Waals surface area (Å²) in [5.74, 6) is -0.479. The largest absolute Gasteiger partial charge is 0.351 e. The van der Waals surface area contributed by atoms with Crippen LogP contribution in [0, 0.1) is 13.8 Å². The number of hydrogen-bond donors (Lipinski definition) is 3. The number of hydrogen-bond acceptors (Lipinski definition) is 3. The molecule has 6 nitrogen and oxygen atoms in total. The van der Waals surface area contributed by atoms with E-state index in [0.717, 1.165) is 11.4 Å². The number of nitrogens with one attached hydrogen (secondary N) is 2. The molecule has 0 unspecified atom stereocenters. The van der Waals surface area contributed by atoms with Gasteiger partial charge in [0.05, 0.1) is 16.8 Å². The first-order chi connectivity index (χ1) is 11.9. The smallest absolute Gasteiger partial charge is 0.257 e. The number of rotatable bonds is 6. The Balaban J connectivity index is 0.00000338. The van der Waals surface area contributed by atoms with Crippen LogP contribution in [0.3, 0.4) is 0 Å². The van der Waals surface area contributed by atoms with Gasteiger partial charge in [-0.05, 0) is 45.9 Å². The zero-order valence-corrected chi connectivity index (χ0v) is 16.4. The van der Waals surface area contributed by atoms with Gasteiger partial charge in [-0.3, -0.25) is 9.59 Å². The minimum absolute atomic E-state index is 0. The SMILES string of the molecule is Cc1cc(C(=O)Nc2ccccc2C(=O)NCCN)c(C)n1C(C)C.Cl. The number of halogens is 1. The number of aromatic nitrogens is 1. The van der Waals surface area contributed by atoms with Gasteiger partial charge in [0.25, 0.3) is 11.8 Å². The van der Waals surface area contributed by atoms with E-state index >= 15 is 0 Å². The average molecular weight is 379 g/mol. The van der Waals surface area contributed by atoms with Crippen molar-refractivity contribution in [3.8, 4) is 0 Å². The highest BCUT2D eigenvalue weighted by molar-refractivity contribution is 6.09. The van der Waals surface area contributed by atoms with Crippen molar-refractivity contribution >= 4 is 29.9 Å². The Kier molecular flexibility index (Phi) is 7.86. The highest BCUT2D eigenvalue weighted by atomic mass is 35.5. The van der Waals surface area contributed by atoms with Crippen LogP contribution in [0.5, 0.6) is 0 Å². The van der Waals surface area contributed by atoms with E-state index in [0.29, 0.717) is 29.9 Å². The maximum atomic E-state index is 12.7. The second kappa shape index (κ2) is 9.40. The number of anilines is 1. The molecule has 1 aromatic carbocycles. The van der Waals surface area contributed by atoms with Gasteiger partial charge in [-0.2, -0.15) is 0 Å². The molecule has 2 aromatic rings. The van der Waals surface area contributed by atoms with Crippen molar-refractivity contribution in [2.75, 3.05) is 18.4 Å². The van der Waals surface area contributed by atoms with E-state index in [1.165, 1.54) is 0 Å². The van der Waals surface area contributed by atoms with E-state index in [-0.39, 0.29) is 30.3 Å². The molecule has 142 valence electrons. The van der Waals surface area contributed by atoms with Gasteiger partial charge in [0, 0.05) is 30.5 Å². The summed E-state index contributed by atoms with van der Waals surface area (Å²) in [7, 11) is 0. The van der Waals surface area contributed by atoms with Crippen molar-refractivity contribution < 1.29 is 9.59 Å². The van der Waals surface area contributed by atoms with Crippen LogP contribution in [0.15, 0.2) is 30.3 Å². The average Bonchev–Trinajstić information content (AvgIpc) is 2.87. The van der Waals surface area contributed by atoms with Crippen molar-refractivity contribution in [1.82, 2.24) is 9.88 Å². The summed E-state index contributed by atoms with van der Waals surface area (Å²) in [5.41, 5.74) is 8.88. The Hall–Kier alpha value is -2.31. The minimum atomic E-state index is -0.256. The van der Waals surface area contributed by atoms with E-state index in [1.807, 2.05) is 19.9 Å². The third-order valence-corrected chi connectivity index (χ3v) is 4.10. The fourth-order valence-electron chi connectivity index (χ4n) is 3.06. The summed E-state index contributed by atoms with van der Waals surface area (Å²) in [6.07, 6.45) is 0. The highest BCUT2D eigenvalue weighted by Gasteiger charge is 2.19. The number of carbonyl (C=O) groups excluding carboxylic acids is 2. The molecule has 26 heavy (non-hydrogen) atoms. The number of aryl methyl sites for hydroxylation is 1. The van der Waals surface area contributed by atoms with Crippen molar-refractivity contribution in [2.45, 2.75) is 33.7 Å². The molecule has 2 rings (SSSR count). The molecule has 0 aliphatic heterocycles. The first-order valence-electron chi connectivity index (χ1n) is 8.43. The fourth-order valence-corrected chi connectivity index (χ4v) is 3.06. The Labute approximate surface area is 160 Å². The number of carbonyl (C=O) groups is 2. The van der Waals surface area contributed by atoms with Crippen LogP contribution in [-0.2, 0) is 0 Å². The lowest BCUT2D eigenvalue weighted by atomic mass is 10.1.